The van der Waals surface area contributed by atoms with E-state index in [4.69, 9.17) is 16.3 Å². The molecule has 8 nitrogen and oxygen atoms in total. The predicted octanol–water partition coefficient (Wildman–Crippen LogP) is 2.15. The minimum atomic E-state index is -3.75. The summed E-state index contributed by atoms with van der Waals surface area (Å²) >= 11 is 6.00. The SMILES string of the molecule is CNS(=O)(=O)c1ccc(Cl)c(C(=O)OCc2nc3c(C)cccc3c(=O)[nH]2)c1. The van der Waals surface area contributed by atoms with Gasteiger partial charge in [-0.1, -0.05) is 23.7 Å². The molecule has 0 aliphatic rings. The summed E-state index contributed by atoms with van der Waals surface area (Å²) in [6, 6.07) is 8.91. The number of aromatic nitrogens is 2. The van der Waals surface area contributed by atoms with Crippen LogP contribution in [0.15, 0.2) is 46.1 Å². The van der Waals surface area contributed by atoms with Gasteiger partial charge in [-0.25, -0.2) is 22.9 Å². The van der Waals surface area contributed by atoms with E-state index in [-0.39, 0.29) is 33.5 Å². The summed E-state index contributed by atoms with van der Waals surface area (Å²) in [7, 11) is -2.49. The summed E-state index contributed by atoms with van der Waals surface area (Å²) in [5.41, 5.74) is 0.860. The van der Waals surface area contributed by atoms with Gasteiger partial charge < -0.3 is 9.72 Å². The highest BCUT2D eigenvalue weighted by Crippen LogP contribution is 2.21. The number of rotatable bonds is 5. The van der Waals surface area contributed by atoms with E-state index in [9.17, 15) is 18.0 Å². The number of hydrogen-bond acceptors (Lipinski definition) is 6. The van der Waals surface area contributed by atoms with Crippen molar-refractivity contribution in [3.05, 3.63) is 68.7 Å². The Balaban J connectivity index is 1.87. The minimum Gasteiger partial charge on any atom is -0.454 e. The second-order valence-corrected chi connectivity index (χ2v) is 8.20. The smallest absolute Gasteiger partial charge is 0.340 e. The van der Waals surface area contributed by atoms with Crippen molar-refractivity contribution in [2.75, 3.05) is 7.05 Å². The number of nitrogens with one attached hydrogen (secondary N) is 2. The number of ether oxygens (including phenoxy) is 1. The lowest BCUT2D eigenvalue weighted by Gasteiger charge is -2.09. The Morgan fingerprint density at radius 3 is 2.75 bits per heavy atom. The van der Waals surface area contributed by atoms with E-state index >= 15 is 0 Å². The molecule has 0 amide bonds. The van der Waals surface area contributed by atoms with Crippen molar-refractivity contribution in [2.24, 2.45) is 0 Å². The van der Waals surface area contributed by atoms with Gasteiger partial charge in [0.15, 0.2) is 0 Å². The number of nitrogens with zero attached hydrogens (tertiary/aromatic N) is 1. The zero-order valence-electron chi connectivity index (χ0n) is 14.9. The highest BCUT2D eigenvalue weighted by Gasteiger charge is 2.19. The van der Waals surface area contributed by atoms with Crippen molar-refractivity contribution in [1.29, 1.82) is 0 Å². The van der Waals surface area contributed by atoms with E-state index in [2.05, 4.69) is 14.7 Å². The number of halogens is 1. The molecule has 2 N–H and O–H groups in total. The number of para-hydroxylation sites is 1. The quantitative estimate of drug-likeness (QED) is 0.609. The minimum absolute atomic E-state index is 0.0378. The van der Waals surface area contributed by atoms with Gasteiger partial charge in [0.25, 0.3) is 5.56 Å². The number of sulfonamides is 1. The lowest BCUT2D eigenvalue weighted by Crippen LogP contribution is -2.19. The Hall–Kier alpha value is -2.75. The van der Waals surface area contributed by atoms with Crippen LogP contribution in [0.1, 0.15) is 21.7 Å². The number of aromatic amines is 1. The average Bonchev–Trinajstić information content (AvgIpc) is 2.67. The summed E-state index contributed by atoms with van der Waals surface area (Å²) in [6.07, 6.45) is 0. The van der Waals surface area contributed by atoms with Crippen molar-refractivity contribution < 1.29 is 17.9 Å². The maximum Gasteiger partial charge on any atom is 0.340 e. The molecule has 2 aromatic carbocycles. The topological polar surface area (TPSA) is 118 Å². The Morgan fingerprint density at radius 1 is 1.29 bits per heavy atom. The van der Waals surface area contributed by atoms with Crippen molar-refractivity contribution in [2.45, 2.75) is 18.4 Å². The maximum atomic E-state index is 12.4. The molecule has 0 spiro atoms. The fraction of sp³-hybridized carbons (Fsp3) is 0.167. The molecule has 0 radical (unpaired) electrons. The first-order chi connectivity index (χ1) is 13.2. The van der Waals surface area contributed by atoms with Crippen LogP contribution in [0.4, 0.5) is 0 Å². The van der Waals surface area contributed by atoms with Gasteiger partial charge in [0.1, 0.15) is 12.4 Å². The second kappa shape index (κ2) is 7.70. The van der Waals surface area contributed by atoms with Crippen molar-refractivity contribution in [1.82, 2.24) is 14.7 Å². The van der Waals surface area contributed by atoms with Crippen molar-refractivity contribution >= 4 is 38.5 Å². The number of esters is 1. The summed E-state index contributed by atoms with van der Waals surface area (Å²) in [5, 5.41) is 0.471. The van der Waals surface area contributed by atoms with Crippen LogP contribution in [0.3, 0.4) is 0 Å². The predicted molar refractivity (Wildman–Crippen MR) is 104 cm³/mol. The van der Waals surface area contributed by atoms with Crippen LogP contribution in [0.25, 0.3) is 10.9 Å². The zero-order chi connectivity index (χ0) is 20.5. The molecular formula is C18H16ClN3O5S. The van der Waals surface area contributed by atoms with E-state index in [1.54, 1.807) is 12.1 Å². The number of hydrogen-bond donors (Lipinski definition) is 2. The average molecular weight is 422 g/mol. The molecular weight excluding hydrogens is 406 g/mol. The monoisotopic (exact) mass is 421 g/mol. The second-order valence-electron chi connectivity index (χ2n) is 5.91. The molecule has 0 atom stereocenters. The van der Waals surface area contributed by atoms with Crippen LogP contribution in [0, 0.1) is 6.92 Å². The lowest BCUT2D eigenvalue weighted by molar-refractivity contribution is 0.0462. The third kappa shape index (κ3) is 3.91. The molecule has 0 aliphatic carbocycles. The summed E-state index contributed by atoms with van der Waals surface area (Å²) < 4.78 is 31.1. The fourth-order valence-corrected chi connectivity index (χ4v) is 3.53. The zero-order valence-corrected chi connectivity index (χ0v) is 16.5. The number of carbonyl (C=O) groups excluding carboxylic acids is 1. The molecule has 0 saturated carbocycles. The molecule has 1 aromatic heterocycles. The van der Waals surface area contributed by atoms with Gasteiger partial charge in [0.2, 0.25) is 10.0 Å². The van der Waals surface area contributed by atoms with Crippen molar-refractivity contribution in [3.8, 4) is 0 Å². The van der Waals surface area contributed by atoms with E-state index in [1.807, 2.05) is 13.0 Å². The van der Waals surface area contributed by atoms with Gasteiger partial charge in [0.05, 0.1) is 26.4 Å². The number of benzene rings is 2. The van der Waals surface area contributed by atoms with E-state index in [1.165, 1.54) is 19.2 Å². The first-order valence-corrected chi connectivity index (χ1v) is 9.98. The van der Waals surface area contributed by atoms with Gasteiger partial charge in [-0.05, 0) is 43.8 Å². The number of fused-ring (bicyclic) bond motifs is 1. The van der Waals surface area contributed by atoms with Gasteiger partial charge in [-0.2, -0.15) is 0 Å². The normalized spacial score (nSPS) is 11.5. The molecule has 10 heteroatoms. The number of carbonyl (C=O) groups is 1. The van der Waals surface area contributed by atoms with Gasteiger partial charge in [-0.3, -0.25) is 4.79 Å². The van der Waals surface area contributed by atoms with Crippen molar-refractivity contribution in [3.63, 3.8) is 0 Å². The summed E-state index contributed by atoms with van der Waals surface area (Å²) in [5.74, 6) is -0.680. The highest BCUT2D eigenvalue weighted by molar-refractivity contribution is 7.89. The first kappa shape index (κ1) is 20.0. The van der Waals surface area contributed by atoms with Gasteiger partial charge in [-0.15, -0.1) is 0 Å². The third-order valence-corrected chi connectivity index (χ3v) is 5.81. The van der Waals surface area contributed by atoms with Gasteiger partial charge >= 0.3 is 5.97 Å². The first-order valence-electron chi connectivity index (χ1n) is 8.11. The number of aryl methyl sites for hydroxylation is 1. The molecule has 28 heavy (non-hydrogen) atoms. The Morgan fingerprint density at radius 2 is 2.04 bits per heavy atom. The molecule has 0 fully saturated rings. The Kier molecular flexibility index (Phi) is 5.50. The van der Waals surface area contributed by atoms with Crippen LogP contribution in [-0.2, 0) is 21.4 Å². The summed E-state index contributed by atoms with van der Waals surface area (Å²) in [6.45, 7) is 1.51. The maximum absolute atomic E-state index is 12.4. The molecule has 0 unspecified atom stereocenters. The van der Waals surface area contributed by atoms with Gasteiger partial charge in [0, 0.05) is 0 Å². The molecule has 3 rings (SSSR count). The molecule has 3 aromatic rings. The lowest BCUT2D eigenvalue weighted by atomic mass is 10.1. The number of H-pyrrole nitrogens is 1. The van der Waals surface area contributed by atoms with Crippen LogP contribution in [-0.4, -0.2) is 31.4 Å². The Bertz CT molecular complexity index is 1240. The van der Waals surface area contributed by atoms with E-state index in [0.29, 0.717) is 10.9 Å². The van der Waals surface area contributed by atoms with E-state index in [0.717, 1.165) is 11.6 Å². The van der Waals surface area contributed by atoms with Crippen LogP contribution in [0.5, 0.6) is 0 Å². The molecule has 0 aliphatic heterocycles. The molecule has 0 saturated heterocycles. The largest absolute Gasteiger partial charge is 0.454 e. The Labute approximate surface area is 165 Å². The van der Waals surface area contributed by atoms with Crippen LogP contribution < -0.4 is 10.3 Å². The molecule has 146 valence electrons. The summed E-state index contributed by atoms with van der Waals surface area (Å²) in [4.78, 5) is 31.3. The van der Waals surface area contributed by atoms with Crippen LogP contribution >= 0.6 is 11.6 Å². The van der Waals surface area contributed by atoms with Crippen LogP contribution in [0.2, 0.25) is 5.02 Å². The highest BCUT2D eigenvalue weighted by atomic mass is 35.5. The molecule has 1 heterocycles. The standard InChI is InChI=1S/C18H16ClN3O5S/c1-10-4-3-5-12-16(10)21-15(22-17(12)23)9-27-18(24)13-8-11(6-7-14(13)19)28(25,26)20-2/h3-8,20H,9H2,1-2H3,(H,21,22,23). The van der Waals surface area contributed by atoms with E-state index < -0.39 is 16.0 Å². The third-order valence-electron chi connectivity index (χ3n) is 4.06. The fourth-order valence-electron chi connectivity index (χ4n) is 2.58. The molecule has 0 bridgehead atoms.